The molecule has 0 aliphatic carbocycles. The standard InChI is InChI=1S/C34H31Cl2N3O6/c1-44-30-18-21(10-16-28(30)37-34(43)38-32-26(35)8-5-9-27(32)36)19-31(40)39-24(13-17-29(39)22-6-3-2-4-7-22)20-45-25-14-11-23(12-15-25)33(41)42/h2-12,14-16,18,24,29H,13,17,19-20H2,1H3,(H,41,42)(H2,37,38,43). The number of nitrogens with zero attached hydrogens (tertiary/aromatic N) is 1. The van der Waals surface area contributed by atoms with Gasteiger partial charge in [-0.05, 0) is 72.5 Å². The highest BCUT2D eigenvalue weighted by Gasteiger charge is 2.38. The Morgan fingerprint density at radius 1 is 0.889 bits per heavy atom. The Kier molecular flexibility index (Phi) is 10.1. The van der Waals surface area contributed by atoms with E-state index in [1.807, 2.05) is 35.2 Å². The van der Waals surface area contributed by atoms with E-state index < -0.39 is 12.0 Å². The highest BCUT2D eigenvalue weighted by Crippen LogP contribution is 2.37. The van der Waals surface area contributed by atoms with Crippen LogP contribution in [0.1, 0.15) is 40.4 Å². The quantitative estimate of drug-likeness (QED) is 0.162. The summed E-state index contributed by atoms with van der Waals surface area (Å²) in [7, 11) is 1.48. The van der Waals surface area contributed by atoms with Gasteiger partial charge in [-0.25, -0.2) is 9.59 Å². The zero-order valence-electron chi connectivity index (χ0n) is 24.3. The second-order valence-electron chi connectivity index (χ2n) is 10.5. The molecule has 1 saturated heterocycles. The fourth-order valence-electron chi connectivity index (χ4n) is 5.41. The zero-order chi connectivity index (χ0) is 31.9. The Balaban J connectivity index is 1.30. The van der Waals surface area contributed by atoms with Crippen molar-refractivity contribution in [2.75, 3.05) is 24.4 Å². The summed E-state index contributed by atoms with van der Waals surface area (Å²) in [4.78, 5) is 39.7. The number of carboxylic acid groups (broad SMARTS) is 1. The van der Waals surface area contributed by atoms with Gasteiger partial charge in [-0.2, -0.15) is 0 Å². The van der Waals surface area contributed by atoms with E-state index in [-0.39, 0.29) is 42.3 Å². The van der Waals surface area contributed by atoms with Crippen LogP contribution in [0, 0.1) is 0 Å². The van der Waals surface area contributed by atoms with Gasteiger partial charge in [0, 0.05) is 0 Å². The largest absolute Gasteiger partial charge is 0.495 e. The van der Waals surface area contributed by atoms with Crippen LogP contribution in [0.3, 0.4) is 0 Å². The minimum absolute atomic E-state index is 0.0787. The van der Waals surface area contributed by atoms with Gasteiger partial charge in [-0.15, -0.1) is 0 Å². The van der Waals surface area contributed by atoms with E-state index in [1.54, 1.807) is 48.5 Å². The first-order valence-corrected chi connectivity index (χ1v) is 15.0. The van der Waals surface area contributed by atoms with Gasteiger partial charge < -0.3 is 30.1 Å². The molecule has 1 heterocycles. The van der Waals surface area contributed by atoms with Crippen molar-refractivity contribution < 1.29 is 29.0 Å². The van der Waals surface area contributed by atoms with Gasteiger partial charge in [0.05, 0.1) is 52.6 Å². The van der Waals surface area contributed by atoms with Crippen molar-refractivity contribution in [3.05, 3.63) is 118 Å². The summed E-state index contributed by atoms with van der Waals surface area (Å²) in [6.45, 7) is 0.262. The van der Waals surface area contributed by atoms with Crippen LogP contribution in [0.2, 0.25) is 10.0 Å². The van der Waals surface area contributed by atoms with Gasteiger partial charge in [0.2, 0.25) is 5.91 Å². The fraction of sp³-hybridized carbons (Fsp3) is 0.206. The van der Waals surface area contributed by atoms with E-state index in [0.717, 1.165) is 18.4 Å². The molecule has 2 unspecified atom stereocenters. The predicted molar refractivity (Wildman–Crippen MR) is 174 cm³/mol. The number of carbonyl (C=O) groups excluding carboxylic acids is 2. The molecule has 0 aromatic heterocycles. The number of benzene rings is 4. The summed E-state index contributed by atoms with van der Waals surface area (Å²) >= 11 is 12.3. The van der Waals surface area contributed by atoms with Gasteiger partial charge in [0.1, 0.15) is 18.1 Å². The summed E-state index contributed by atoms with van der Waals surface area (Å²) in [5.74, 6) is -0.175. The molecular weight excluding hydrogens is 617 g/mol. The van der Waals surface area contributed by atoms with Crippen LogP contribution in [0.5, 0.6) is 11.5 Å². The maximum Gasteiger partial charge on any atom is 0.335 e. The molecule has 0 spiro atoms. The molecule has 4 aromatic carbocycles. The summed E-state index contributed by atoms with van der Waals surface area (Å²) in [6, 6.07) is 25.3. The molecule has 2 atom stereocenters. The topological polar surface area (TPSA) is 117 Å². The van der Waals surface area contributed by atoms with Gasteiger partial charge in [0.25, 0.3) is 0 Å². The molecule has 0 radical (unpaired) electrons. The number of para-hydroxylation sites is 1. The number of halogens is 2. The number of rotatable bonds is 10. The molecule has 45 heavy (non-hydrogen) atoms. The molecule has 4 aromatic rings. The van der Waals surface area contributed by atoms with Crippen molar-refractivity contribution in [1.82, 2.24) is 4.90 Å². The lowest BCUT2D eigenvalue weighted by atomic mass is 10.0. The van der Waals surface area contributed by atoms with Crippen LogP contribution in [0.25, 0.3) is 0 Å². The fourth-order valence-corrected chi connectivity index (χ4v) is 5.90. The molecule has 3 amide bonds. The average Bonchev–Trinajstić information content (AvgIpc) is 3.47. The second-order valence-corrected chi connectivity index (χ2v) is 11.3. The number of hydrogen-bond donors (Lipinski definition) is 3. The number of carboxylic acids is 1. The SMILES string of the molecule is COc1cc(CC(=O)N2C(COc3ccc(C(=O)O)cc3)CCC2c2ccccc2)ccc1NC(=O)Nc1c(Cl)cccc1Cl. The first-order valence-electron chi connectivity index (χ1n) is 14.2. The summed E-state index contributed by atoms with van der Waals surface area (Å²) in [5.41, 5.74) is 2.61. The van der Waals surface area contributed by atoms with E-state index >= 15 is 0 Å². The molecule has 5 rings (SSSR count). The second kappa shape index (κ2) is 14.4. The number of amides is 3. The first-order chi connectivity index (χ1) is 21.7. The monoisotopic (exact) mass is 647 g/mol. The molecule has 11 heteroatoms. The minimum Gasteiger partial charge on any atom is -0.495 e. The van der Waals surface area contributed by atoms with Gasteiger partial charge >= 0.3 is 12.0 Å². The molecule has 9 nitrogen and oxygen atoms in total. The molecular formula is C34H31Cl2N3O6. The van der Waals surface area contributed by atoms with E-state index in [0.29, 0.717) is 32.8 Å². The number of nitrogens with one attached hydrogen (secondary N) is 2. The number of carbonyl (C=O) groups is 3. The number of ether oxygens (including phenoxy) is 2. The molecule has 232 valence electrons. The van der Waals surface area contributed by atoms with Gasteiger partial charge in [-0.3, -0.25) is 4.79 Å². The lowest BCUT2D eigenvalue weighted by Crippen LogP contribution is -2.41. The van der Waals surface area contributed by atoms with Gasteiger partial charge in [0.15, 0.2) is 0 Å². The minimum atomic E-state index is -1.01. The number of aromatic carboxylic acids is 1. The summed E-state index contributed by atoms with van der Waals surface area (Å²) < 4.78 is 11.6. The number of urea groups is 1. The van der Waals surface area contributed by atoms with Crippen molar-refractivity contribution in [2.45, 2.75) is 31.3 Å². The Morgan fingerprint density at radius 3 is 2.27 bits per heavy atom. The predicted octanol–water partition coefficient (Wildman–Crippen LogP) is 7.70. The van der Waals surface area contributed by atoms with E-state index in [4.69, 9.17) is 37.8 Å². The Morgan fingerprint density at radius 2 is 1.60 bits per heavy atom. The van der Waals surface area contributed by atoms with E-state index in [2.05, 4.69) is 10.6 Å². The van der Waals surface area contributed by atoms with Gasteiger partial charge in [-0.1, -0.05) is 65.7 Å². The Hall–Kier alpha value is -4.73. The molecule has 3 N–H and O–H groups in total. The number of likely N-dealkylation sites (tertiary alicyclic amines) is 1. The maximum absolute atomic E-state index is 13.9. The van der Waals surface area contributed by atoms with Crippen LogP contribution in [-0.2, 0) is 11.2 Å². The summed E-state index contributed by atoms with van der Waals surface area (Å²) in [6.07, 6.45) is 1.62. The van der Waals surface area contributed by atoms with Crippen molar-refractivity contribution >= 4 is 52.5 Å². The van der Waals surface area contributed by atoms with Crippen LogP contribution >= 0.6 is 23.2 Å². The van der Waals surface area contributed by atoms with Crippen LogP contribution in [0.15, 0.2) is 91.0 Å². The Bertz CT molecular complexity index is 1660. The highest BCUT2D eigenvalue weighted by molar-refractivity contribution is 6.39. The van der Waals surface area contributed by atoms with E-state index in [9.17, 15) is 14.4 Å². The lowest BCUT2D eigenvalue weighted by molar-refractivity contribution is -0.134. The molecule has 1 aliphatic rings. The maximum atomic E-state index is 13.9. The van der Waals surface area contributed by atoms with Crippen molar-refractivity contribution in [3.8, 4) is 11.5 Å². The first kappa shape index (κ1) is 31.7. The molecule has 0 saturated carbocycles. The molecule has 1 fully saturated rings. The third kappa shape index (κ3) is 7.68. The zero-order valence-corrected chi connectivity index (χ0v) is 25.8. The smallest absolute Gasteiger partial charge is 0.335 e. The Labute approximate surface area is 270 Å². The van der Waals surface area contributed by atoms with Crippen LogP contribution in [-0.4, -0.2) is 47.7 Å². The van der Waals surface area contributed by atoms with Crippen LogP contribution in [0.4, 0.5) is 16.2 Å². The number of methoxy groups -OCH3 is 1. The summed E-state index contributed by atoms with van der Waals surface area (Å²) in [5, 5.41) is 15.2. The van der Waals surface area contributed by atoms with Crippen molar-refractivity contribution in [2.24, 2.45) is 0 Å². The third-order valence-corrected chi connectivity index (χ3v) is 8.22. The van der Waals surface area contributed by atoms with Crippen molar-refractivity contribution in [3.63, 3.8) is 0 Å². The number of hydrogen-bond acceptors (Lipinski definition) is 5. The highest BCUT2D eigenvalue weighted by atomic mass is 35.5. The van der Waals surface area contributed by atoms with Crippen molar-refractivity contribution in [1.29, 1.82) is 0 Å². The molecule has 0 bridgehead atoms. The third-order valence-electron chi connectivity index (χ3n) is 7.59. The normalized spacial score (nSPS) is 15.8. The average molecular weight is 649 g/mol. The lowest BCUT2D eigenvalue weighted by Gasteiger charge is -2.31. The number of anilines is 2. The molecule has 1 aliphatic heterocycles. The van der Waals surface area contributed by atoms with E-state index in [1.165, 1.54) is 19.2 Å². The van der Waals surface area contributed by atoms with Crippen LogP contribution < -0.4 is 20.1 Å².